The van der Waals surface area contributed by atoms with Crippen LogP contribution < -0.4 is 10.2 Å². The Balaban J connectivity index is 1.82. The number of amides is 2. The van der Waals surface area contributed by atoms with Gasteiger partial charge in [-0.05, 0) is 19.1 Å². The van der Waals surface area contributed by atoms with Crippen LogP contribution in [0.5, 0.6) is 0 Å². The van der Waals surface area contributed by atoms with E-state index in [-0.39, 0.29) is 17.4 Å². The third-order valence-electron chi connectivity index (χ3n) is 3.44. The van der Waals surface area contributed by atoms with Crippen LogP contribution in [0.4, 0.5) is 11.5 Å². The molecule has 132 valence electrons. The second kappa shape index (κ2) is 7.59. The topological polar surface area (TPSA) is 112 Å². The summed E-state index contributed by atoms with van der Waals surface area (Å²) >= 11 is 7.05. The number of amidine groups is 1. The van der Waals surface area contributed by atoms with Crippen molar-refractivity contribution in [3.8, 4) is 6.19 Å². The summed E-state index contributed by atoms with van der Waals surface area (Å²) in [6.45, 7) is 1.67. The standard InChI is InChI=1S/C16H12ClN5O3S/c1-9-6-13(21-25-9)22-14(23)7-12(15(22)24)26-16(19-8-18)20-11-5-3-2-4-10(11)17/h2-6,12H,7H2,1H3,(H,19,20)/t12-/m0/s1. The van der Waals surface area contributed by atoms with E-state index in [1.165, 1.54) is 6.07 Å². The van der Waals surface area contributed by atoms with E-state index < -0.39 is 17.1 Å². The summed E-state index contributed by atoms with van der Waals surface area (Å²) in [5, 5.41) is 14.9. The van der Waals surface area contributed by atoms with Crippen molar-refractivity contribution in [2.75, 3.05) is 4.90 Å². The quantitative estimate of drug-likeness (QED) is 0.282. The van der Waals surface area contributed by atoms with E-state index in [2.05, 4.69) is 15.5 Å². The summed E-state index contributed by atoms with van der Waals surface area (Å²) in [4.78, 5) is 30.1. The average molecular weight is 390 g/mol. The summed E-state index contributed by atoms with van der Waals surface area (Å²) in [6.07, 6.45) is 1.73. The lowest BCUT2D eigenvalue weighted by atomic mass is 10.3. The molecule has 8 nitrogen and oxygen atoms in total. The van der Waals surface area contributed by atoms with Crippen molar-refractivity contribution in [3.63, 3.8) is 0 Å². The fraction of sp³-hybridized carbons (Fsp3) is 0.188. The van der Waals surface area contributed by atoms with Crippen LogP contribution in [0.1, 0.15) is 12.2 Å². The molecule has 1 N–H and O–H groups in total. The van der Waals surface area contributed by atoms with Crippen molar-refractivity contribution in [2.24, 2.45) is 4.99 Å². The maximum absolute atomic E-state index is 12.6. The second-order valence-electron chi connectivity index (χ2n) is 5.28. The average Bonchev–Trinajstić information content (AvgIpc) is 3.13. The van der Waals surface area contributed by atoms with Crippen LogP contribution in [0, 0.1) is 18.4 Å². The Bertz CT molecular complexity index is 936. The molecule has 1 aliphatic heterocycles. The van der Waals surface area contributed by atoms with Gasteiger partial charge in [0.15, 0.2) is 17.2 Å². The number of carbonyl (C=O) groups excluding carboxylic acids is 2. The molecule has 0 radical (unpaired) electrons. The lowest BCUT2D eigenvalue weighted by molar-refractivity contribution is -0.121. The Hall–Kier alpha value is -2.83. The number of hydrogen-bond donors (Lipinski definition) is 1. The molecule has 0 spiro atoms. The number of carbonyl (C=O) groups is 2. The predicted octanol–water partition coefficient (Wildman–Crippen LogP) is 2.76. The van der Waals surface area contributed by atoms with E-state index in [0.717, 1.165) is 16.7 Å². The van der Waals surface area contributed by atoms with Crippen molar-refractivity contribution in [1.29, 1.82) is 5.26 Å². The molecule has 1 aromatic heterocycles. The monoisotopic (exact) mass is 389 g/mol. The molecule has 0 aliphatic carbocycles. The van der Waals surface area contributed by atoms with Crippen LogP contribution >= 0.6 is 23.4 Å². The van der Waals surface area contributed by atoms with Gasteiger partial charge in [-0.25, -0.2) is 9.89 Å². The highest BCUT2D eigenvalue weighted by Crippen LogP contribution is 2.31. The normalized spacial score (nSPS) is 17.5. The van der Waals surface area contributed by atoms with E-state index in [1.807, 2.05) is 0 Å². The largest absolute Gasteiger partial charge is 0.360 e. The molecule has 2 aromatic rings. The molecule has 10 heteroatoms. The number of rotatable bonds is 3. The van der Waals surface area contributed by atoms with E-state index >= 15 is 0 Å². The molecule has 26 heavy (non-hydrogen) atoms. The number of benzene rings is 1. The number of nitrogens with zero attached hydrogens (tertiary/aromatic N) is 4. The van der Waals surface area contributed by atoms with Gasteiger partial charge in [-0.2, -0.15) is 5.26 Å². The van der Waals surface area contributed by atoms with Crippen LogP contribution in [0.15, 0.2) is 39.8 Å². The molecule has 1 aliphatic rings. The molecule has 1 atom stereocenters. The lowest BCUT2D eigenvalue weighted by Gasteiger charge is -2.11. The van der Waals surface area contributed by atoms with Crippen LogP contribution in [0.3, 0.4) is 0 Å². The van der Waals surface area contributed by atoms with Gasteiger partial charge in [-0.1, -0.05) is 40.7 Å². The summed E-state index contributed by atoms with van der Waals surface area (Å²) in [5.74, 6) is -0.197. The first kappa shape index (κ1) is 18.0. The highest BCUT2D eigenvalue weighted by atomic mass is 35.5. The Morgan fingerprint density at radius 1 is 1.50 bits per heavy atom. The first-order valence-electron chi connectivity index (χ1n) is 7.44. The van der Waals surface area contributed by atoms with Gasteiger partial charge in [0.2, 0.25) is 11.8 Å². The molecule has 0 bridgehead atoms. The summed E-state index contributed by atoms with van der Waals surface area (Å²) < 4.78 is 4.92. The molecule has 1 aromatic carbocycles. The van der Waals surface area contributed by atoms with Crippen molar-refractivity contribution in [2.45, 2.75) is 18.6 Å². The fourth-order valence-electron chi connectivity index (χ4n) is 2.31. The lowest BCUT2D eigenvalue weighted by Crippen LogP contribution is -2.32. The van der Waals surface area contributed by atoms with Gasteiger partial charge < -0.3 is 4.52 Å². The number of aliphatic imine (C=N–C) groups is 1. The molecule has 2 amide bonds. The first-order valence-corrected chi connectivity index (χ1v) is 8.70. The third kappa shape index (κ3) is 3.71. The van der Waals surface area contributed by atoms with E-state index in [4.69, 9.17) is 21.4 Å². The zero-order valence-corrected chi connectivity index (χ0v) is 15.0. The number of nitriles is 1. The fourth-order valence-corrected chi connectivity index (χ4v) is 3.45. The summed E-state index contributed by atoms with van der Waals surface area (Å²) in [7, 11) is 0. The number of para-hydroxylation sites is 1. The number of anilines is 1. The smallest absolute Gasteiger partial charge is 0.249 e. The van der Waals surface area contributed by atoms with Gasteiger partial charge in [0.25, 0.3) is 0 Å². The maximum atomic E-state index is 12.6. The minimum atomic E-state index is -0.735. The van der Waals surface area contributed by atoms with Gasteiger partial charge in [0, 0.05) is 12.5 Å². The maximum Gasteiger partial charge on any atom is 0.249 e. The first-order chi connectivity index (χ1) is 12.5. The Labute approximate surface area is 157 Å². The number of halogens is 1. The highest BCUT2D eigenvalue weighted by Gasteiger charge is 2.42. The second-order valence-corrected chi connectivity index (χ2v) is 6.88. The highest BCUT2D eigenvalue weighted by molar-refractivity contribution is 8.15. The van der Waals surface area contributed by atoms with E-state index in [1.54, 1.807) is 37.4 Å². The molecule has 0 saturated carbocycles. The number of aryl methyl sites for hydroxylation is 1. The van der Waals surface area contributed by atoms with Crippen molar-refractivity contribution < 1.29 is 14.1 Å². The van der Waals surface area contributed by atoms with E-state index in [9.17, 15) is 9.59 Å². The summed E-state index contributed by atoms with van der Waals surface area (Å²) in [5.41, 5.74) is 0.445. The number of hydrogen-bond acceptors (Lipinski definition) is 7. The Morgan fingerprint density at radius 3 is 2.92 bits per heavy atom. The zero-order chi connectivity index (χ0) is 18.7. The molecular formula is C16H12ClN5O3S. The molecule has 3 rings (SSSR count). The van der Waals surface area contributed by atoms with Crippen molar-refractivity contribution in [3.05, 3.63) is 41.1 Å². The Morgan fingerprint density at radius 2 is 2.27 bits per heavy atom. The van der Waals surface area contributed by atoms with Gasteiger partial charge >= 0.3 is 0 Å². The molecule has 2 heterocycles. The summed E-state index contributed by atoms with van der Waals surface area (Å²) in [6, 6.07) is 8.35. The molecule has 1 fully saturated rings. The Kier molecular flexibility index (Phi) is 5.25. The van der Waals surface area contributed by atoms with Crippen LogP contribution in [0.2, 0.25) is 5.02 Å². The number of thioether (sulfide) groups is 1. The number of nitrogens with one attached hydrogen (secondary N) is 1. The van der Waals surface area contributed by atoms with Crippen LogP contribution in [-0.2, 0) is 9.59 Å². The van der Waals surface area contributed by atoms with Gasteiger partial charge in [-0.3, -0.25) is 14.9 Å². The van der Waals surface area contributed by atoms with Crippen LogP contribution in [-0.4, -0.2) is 27.4 Å². The van der Waals surface area contributed by atoms with Crippen LogP contribution in [0.25, 0.3) is 0 Å². The van der Waals surface area contributed by atoms with Gasteiger partial charge in [0.1, 0.15) is 11.0 Å². The zero-order valence-electron chi connectivity index (χ0n) is 13.5. The van der Waals surface area contributed by atoms with E-state index in [0.29, 0.717) is 16.5 Å². The SMILES string of the molecule is Cc1cc(N2C(=O)C[C@H](SC(=Nc3ccccc3Cl)NC#N)C2=O)no1. The van der Waals surface area contributed by atoms with Gasteiger partial charge in [0.05, 0.1) is 10.7 Å². The van der Waals surface area contributed by atoms with Crippen molar-refractivity contribution >= 4 is 51.9 Å². The molecular weight excluding hydrogens is 378 g/mol. The number of imide groups is 1. The minimum absolute atomic E-state index is 0.0376. The van der Waals surface area contributed by atoms with Gasteiger partial charge in [-0.15, -0.1) is 0 Å². The third-order valence-corrected chi connectivity index (χ3v) is 4.83. The number of aromatic nitrogens is 1. The minimum Gasteiger partial charge on any atom is -0.360 e. The molecule has 0 unspecified atom stereocenters. The van der Waals surface area contributed by atoms with Crippen molar-refractivity contribution in [1.82, 2.24) is 10.5 Å². The predicted molar refractivity (Wildman–Crippen MR) is 97.0 cm³/mol. The molecule has 1 saturated heterocycles.